The molecule has 10 rings (SSSR count). The van der Waals surface area contributed by atoms with E-state index in [0.717, 1.165) is 38.8 Å². The molecule has 0 bridgehead atoms. The van der Waals surface area contributed by atoms with Gasteiger partial charge < -0.3 is 8.98 Å². The molecule has 2 heterocycles. The van der Waals surface area contributed by atoms with Crippen LogP contribution in [-0.4, -0.2) is 4.57 Å². The third-order valence-electron chi connectivity index (χ3n) is 10.0. The van der Waals surface area contributed by atoms with E-state index < -0.39 is 0 Å². The van der Waals surface area contributed by atoms with Gasteiger partial charge >= 0.3 is 0 Å². The SMILES string of the molecule is c1ccc(-c2cccc(-c3ccc4c(c3)c3ccccc3n4-c3ccc(-c4ccc(-c5cccc6c5oc5ccccc56)cc4)cc3)c2)cc1. The summed E-state index contributed by atoms with van der Waals surface area (Å²) in [6, 6.07) is 67.4. The highest BCUT2D eigenvalue weighted by Crippen LogP contribution is 2.38. The van der Waals surface area contributed by atoms with Crippen molar-refractivity contribution in [3.8, 4) is 50.2 Å². The second-order valence-corrected chi connectivity index (χ2v) is 12.9. The van der Waals surface area contributed by atoms with Crippen LogP contribution in [0.15, 0.2) is 192 Å². The molecule has 10 aromatic rings. The van der Waals surface area contributed by atoms with Gasteiger partial charge in [0.1, 0.15) is 11.2 Å². The van der Waals surface area contributed by atoms with Crippen molar-refractivity contribution < 1.29 is 4.42 Å². The third kappa shape index (κ3) is 4.65. The van der Waals surface area contributed by atoms with E-state index >= 15 is 0 Å². The molecule has 0 radical (unpaired) electrons. The first-order valence-corrected chi connectivity index (χ1v) is 17.1. The predicted octanol–water partition coefficient (Wildman–Crippen LogP) is 13.4. The fraction of sp³-hybridized carbons (Fsp3) is 0. The number of rotatable bonds is 5. The summed E-state index contributed by atoms with van der Waals surface area (Å²) in [6.07, 6.45) is 0. The smallest absolute Gasteiger partial charge is 0.143 e. The van der Waals surface area contributed by atoms with Gasteiger partial charge in [0.25, 0.3) is 0 Å². The van der Waals surface area contributed by atoms with Gasteiger partial charge in [-0.3, -0.25) is 0 Å². The van der Waals surface area contributed by atoms with E-state index in [1.54, 1.807) is 0 Å². The summed E-state index contributed by atoms with van der Waals surface area (Å²) in [7, 11) is 0. The molecular weight excluding hydrogens is 607 g/mol. The molecule has 234 valence electrons. The number of nitrogens with zero attached hydrogens (tertiary/aromatic N) is 1. The van der Waals surface area contributed by atoms with Gasteiger partial charge in [0.2, 0.25) is 0 Å². The second kappa shape index (κ2) is 11.5. The summed E-state index contributed by atoms with van der Waals surface area (Å²) in [5.74, 6) is 0. The molecule has 0 atom stereocenters. The lowest BCUT2D eigenvalue weighted by Crippen LogP contribution is -1.93. The van der Waals surface area contributed by atoms with Gasteiger partial charge in [0, 0.05) is 32.8 Å². The van der Waals surface area contributed by atoms with E-state index in [9.17, 15) is 0 Å². The Bertz CT molecular complexity index is 2840. The van der Waals surface area contributed by atoms with Gasteiger partial charge in [-0.15, -0.1) is 0 Å². The van der Waals surface area contributed by atoms with E-state index in [1.807, 2.05) is 12.1 Å². The Balaban J connectivity index is 0.994. The Morgan fingerprint density at radius 2 is 0.860 bits per heavy atom. The lowest BCUT2D eigenvalue weighted by molar-refractivity contribution is 0.670. The lowest BCUT2D eigenvalue weighted by atomic mass is 9.98. The summed E-state index contributed by atoms with van der Waals surface area (Å²) in [5, 5.41) is 4.81. The number of furan rings is 1. The second-order valence-electron chi connectivity index (χ2n) is 12.9. The maximum atomic E-state index is 6.31. The van der Waals surface area contributed by atoms with E-state index in [2.05, 4.69) is 180 Å². The highest BCUT2D eigenvalue weighted by molar-refractivity contribution is 6.11. The van der Waals surface area contributed by atoms with Crippen LogP contribution in [0, 0.1) is 0 Å². The van der Waals surface area contributed by atoms with Crippen LogP contribution in [0.4, 0.5) is 0 Å². The molecule has 0 aliphatic rings. The Kier molecular flexibility index (Phi) is 6.53. The first-order valence-electron chi connectivity index (χ1n) is 17.1. The zero-order chi connectivity index (χ0) is 33.0. The number of benzene rings is 8. The van der Waals surface area contributed by atoms with Gasteiger partial charge in [-0.05, 0) is 81.4 Å². The van der Waals surface area contributed by atoms with Crippen molar-refractivity contribution in [2.45, 2.75) is 0 Å². The molecule has 0 spiro atoms. The van der Waals surface area contributed by atoms with Crippen LogP contribution in [0.3, 0.4) is 0 Å². The molecule has 8 aromatic carbocycles. The maximum absolute atomic E-state index is 6.31. The normalized spacial score (nSPS) is 11.6. The molecule has 0 aliphatic carbocycles. The first-order chi connectivity index (χ1) is 24.8. The van der Waals surface area contributed by atoms with E-state index in [0.29, 0.717) is 0 Å². The molecule has 2 aromatic heterocycles. The molecule has 50 heavy (non-hydrogen) atoms. The minimum Gasteiger partial charge on any atom is -0.455 e. The minimum atomic E-state index is 0.920. The summed E-state index contributed by atoms with van der Waals surface area (Å²) in [6.45, 7) is 0. The van der Waals surface area contributed by atoms with Crippen molar-refractivity contribution in [1.82, 2.24) is 4.57 Å². The fourth-order valence-electron chi connectivity index (χ4n) is 7.56. The number of fused-ring (bicyclic) bond motifs is 6. The quantitative estimate of drug-likeness (QED) is 0.184. The number of para-hydroxylation sites is 3. The Hall–Kier alpha value is -6.64. The van der Waals surface area contributed by atoms with Crippen LogP contribution in [0.25, 0.3) is 93.9 Å². The van der Waals surface area contributed by atoms with Crippen molar-refractivity contribution in [1.29, 1.82) is 0 Å². The van der Waals surface area contributed by atoms with E-state index in [-0.39, 0.29) is 0 Å². The zero-order valence-electron chi connectivity index (χ0n) is 27.3. The van der Waals surface area contributed by atoms with Gasteiger partial charge in [-0.1, -0.05) is 146 Å². The largest absolute Gasteiger partial charge is 0.455 e. The topological polar surface area (TPSA) is 18.1 Å². The molecule has 0 aliphatic heterocycles. The van der Waals surface area contributed by atoms with Crippen LogP contribution >= 0.6 is 0 Å². The van der Waals surface area contributed by atoms with E-state index in [4.69, 9.17) is 4.42 Å². The molecule has 0 saturated carbocycles. The minimum absolute atomic E-state index is 0.920. The Labute approximate surface area is 290 Å². The Morgan fingerprint density at radius 1 is 0.320 bits per heavy atom. The zero-order valence-corrected chi connectivity index (χ0v) is 27.3. The van der Waals surface area contributed by atoms with Gasteiger partial charge in [0.05, 0.1) is 11.0 Å². The molecule has 2 heteroatoms. The maximum Gasteiger partial charge on any atom is 0.143 e. The van der Waals surface area contributed by atoms with Crippen LogP contribution in [0.5, 0.6) is 0 Å². The van der Waals surface area contributed by atoms with Crippen molar-refractivity contribution >= 4 is 43.7 Å². The molecule has 2 nitrogen and oxygen atoms in total. The Morgan fingerprint density at radius 3 is 1.68 bits per heavy atom. The van der Waals surface area contributed by atoms with Crippen LogP contribution in [-0.2, 0) is 0 Å². The molecule has 0 amide bonds. The molecule has 0 fully saturated rings. The van der Waals surface area contributed by atoms with Crippen molar-refractivity contribution in [3.05, 3.63) is 188 Å². The summed E-state index contributed by atoms with van der Waals surface area (Å²) in [4.78, 5) is 0. The average Bonchev–Trinajstić information content (AvgIpc) is 3.74. The van der Waals surface area contributed by atoms with E-state index in [1.165, 1.54) is 55.2 Å². The summed E-state index contributed by atoms with van der Waals surface area (Å²) >= 11 is 0. The van der Waals surface area contributed by atoms with Gasteiger partial charge in [0.15, 0.2) is 0 Å². The average molecular weight is 638 g/mol. The highest BCUT2D eigenvalue weighted by atomic mass is 16.3. The van der Waals surface area contributed by atoms with Gasteiger partial charge in [-0.25, -0.2) is 0 Å². The molecule has 0 saturated heterocycles. The predicted molar refractivity (Wildman–Crippen MR) is 210 cm³/mol. The third-order valence-corrected chi connectivity index (χ3v) is 10.0. The van der Waals surface area contributed by atoms with Crippen LogP contribution in [0.2, 0.25) is 0 Å². The standard InChI is InChI=1S/C48H31NO/c1-2-10-32(11-3-1)36-12-8-13-37(30-36)38-26-29-46-44(31-38)41-14-4-6-18-45(41)49(46)39-27-24-34(25-28-39)33-20-22-35(23-21-33)40-16-9-17-43-42-15-5-7-19-47(42)50-48(40)43/h1-31H. The number of hydrogen-bond donors (Lipinski definition) is 0. The molecule has 0 unspecified atom stereocenters. The lowest BCUT2D eigenvalue weighted by Gasteiger charge is -2.11. The summed E-state index contributed by atoms with van der Waals surface area (Å²) in [5.41, 5.74) is 14.9. The van der Waals surface area contributed by atoms with Gasteiger partial charge in [-0.2, -0.15) is 0 Å². The fourth-order valence-corrected chi connectivity index (χ4v) is 7.56. The molecule has 0 N–H and O–H groups in total. The van der Waals surface area contributed by atoms with Crippen molar-refractivity contribution in [2.75, 3.05) is 0 Å². The number of aromatic nitrogens is 1. The van der Waals surface area contributed by atoms with Crippen LogP contribution in [0.1, 0.15) is 0 Å². The highest BCUT2D eigenvalue weighted by Gasteiger charge is 2.15. The van der Waals surface area contributed by atoms with Crippen molar-refractivity contribution in [3.63, 3.8) is 0 Å². The van der Waals surface area contributed by atoms with Crippen LogP contribution < -0.4 is 0 Å². The van der Waals surface area contributed by atoms with Crippen molar-refractivity contribution in [2.24, 2.45) is 0 Å². The number of hydrogen-bond acceptors (Lipinski definition) is 1. The first kappa shape index (κ1) is 28.4. The summed E-state index contributed by atoms with van der Waals surface area (Å²) < 4.78 is 8.70. The monoisotopic (exact) mass is 637 g/mol. The molecular formula is C48H31NO.